The molecule has 1 rings (SSSR count). The van der Waals surface area contributed by atoms with Crippen LogP contribution in [0.4, 0.5) is 0 Å². The SMILES string of the molecule is O=Cc1nc(Cl)c(Cl)s1. The summed E-state index contributed by atoms with van der Waals surface area (Å²) in [6.07, 6.45) is 0.614. The van der Waals surface area contributed by atoms with Crippen LogP contribution in [0.1, 0.15) is 9.80 Å². The van der Waals surface area contributed by atoms with Crippen molar-refractivity contribution in [2.75, 3.05) is 0 Å². The van der Waals surface area contributed by atoms with Crippen molar-refractivity contribution in [1.29, 1.82) is 0 Å². The van der Waals surface area contributed by atoms with E-state index in [2.05, 4.69) is 4.98 Å². The molecule has 5 heteroatoms. The Balaban J connectivity index is 3.11. The fourth-order valence-electron chi connectivity index (χ4n) is 0.348. The fourth-order valence-corrected chi connectivity index (χ4v) is 1.38. The molecule has 9 heavy (non-hydrogen) atoms. The van der Waals surface area contributed by atoms with E-state index in [4.69, 9.17) is 23.2 Å². The zero-order valence-corrected chi connectivity index (χ0v) is 6.43. The van der Waals surface area contributed by atoms with Crippen molar-refractivity contribution in [2.45, 2.75) is 0 Å². The molecule has 0 aromatic carbocycles. The maximum Gasteiger partial charge on any atom is 0.178 e. The van der Waals surface area contributed by atoms with Gasteiger partial charge in [-0.1, -0.05) is 34.5 Å². The number of aromatic nitrogens is 1. The highest BCUT2D eigenvalue weighted by molar-refractivity contribution is 7.17. The largest absolute Gasteiger partial charge is 0.295 e. The Morgan fingerprint density at radius 2 is 2.22 bits per heavy atom. The number of carbonyl (C=O) groups is 1. The quantitative estimate of drug-likeness (QED) is 0.623. The Hall–Kier alpha value is -0.120. The number of aldehydes is 1. The average molecular weight is 182 g/mol. The van der Waals surface area contributed by atoms with Crippen LogP contribution in [0.25, 0.3) is 0 Å². The van der Waals surface area contributed by atoms with Crippen LogP contribution in [-0.2, 0) is 0 Å². The van der Waals surface area contributed by atoms with E-state index in [1.54, 1.807) is 0 Å². The second-order valence-corrected chi connectivity index (χ2v) is 3.23. The molecule has 1 heterocycles. The fraction of sp³-hybridized carbons (Fsp3) is 0. The topological polar surface area (TPSA) is 30.0 Å². The molecule has 0 saturated heterocycles. The smallest absolute Gasteiger partial charge is 0.178 e. The Bertz CT molecular complexity index is 215. The van der Waals surface area contributed by atoms with Crippen molar-refractivity contribution in [1.82, 2.24) is 4.98 Å². The zero-order valence-electron chi connectivity index (χ0n) is 4.10. The van der Waals surface area contributed by atoms with Crippen LogP contribution in [-0.4, -0.2) is 11.3 Å². The summed E-state index contributed by atoms with van der Waals surface area (Å²) in [7, 11) is 0. The number of thiazole rings is 1. The summed E-state index contributed by atoms with van der Waals surface area (Å²) in [5, 5.41) is 0.508. The molecule has 0 saturated carbocycles. The van der Waals surface area contributed by atoms with Gasteiger partial charge < -0.3 is 0 Å². The van der Waals surface area contributed by atoms with Gasteiger partial charge in [-0.05, 0) is 0 Å². The highest BCUT2D eigenvalue weighted by Crippen LogP contribution is 2.26. The molecular formula is C4HCl2NOS. The number of nitrogens with zero attached hydrogens (tertiary/aromatic N) is 1. The lowest BCUT2D eigenvalue weighted by atomic mass is 10.8. The van der Waals surface area contributed by atoms with E-state index in [1.807, 2.05) is 0 Å². The van der Waals surface area contributed by atoms with Gasteiger partial charge in [0.05, 0.1) is 0 Å². The van der Waals surface area contributed by atoms with Crippen LogP contribution < -0.4 is 0 Å². The summed E-state index contributed by atoms with van der Waals surface area (Å²) < 4.78 is 0.360. The molecule has 0 fully saturated rings. The lowest BCUT2D eigenvalue weighted by molar-refractivity contribution is 0.112. The molecule has 2 nitrogen and oxygen atoms in total. The minimum absolute atomic E-state index is 0.198. The van der Waals surface area contributed by atoms with Gasteiger partial charge in [-0.25, -0.2) is 4.98 Å². The summed E-state index contributed by atoms with van der Waals surface area (Å²) >= 11 is 12.0. The third-order valence-electron chi connectivity index (χ3n) is 0.666. The van der Waals surface area contributed by atoms with Gasteiger partial charge in [0.25, 0.3) is 0 Å². The molecule has 0 aliphatic carbocycles. The minimum Gasteiger partial charge on any atom is -0.295 e. The van der Waals surface area contributed by atoms with E-state index in [9.17, 15) is 4.79 Å². The van der Waals surface area contributed by atoms with E-state index in [0.29, 0.717) is 15.6 Å². The third-order valence-corrected chi connectivity index (χ3v) is 2.33. The first-order valence-corrected chi connectivity index (χ1v) is 3.58. The number of hydrogen-bond acceptors (Lipinski definition) is 3. The normalized spacial score (nSPS) is 9.56. The minimum atomic E-state index is 0.198. The zero-order chi connectivity index (χ0) is 6.85. The van der Waals surface area contributed by atoms with Gasteiger partial charge in [-0.3, -0.25) is 4.79 Å². The van der Waals surface area contributed by atoms with E-state index >= 15 is 0 Å². The molecule has 0 spiro atoms. The molecule has 48 valence electrons. The number of halogens is 2. The molecule has 0 amide bonds. The van der Waals surface area contributed by atoms with Crippen molar-refractivity contribution < 1.29 is 4.79 Å². The highest BCUT2D eigenvalue weighted by atomic mass is 35.5. The molecule has 1 aromatic rings. The number of carbonyl (C=O) groups excluding carboxylic acids is 1. The van der Waals surface area contributed by atoms with Crippen LogP contribution in [0.2, 0.25) is 9.49 Å². The van der Waals surface area contributed by atoms with Crippen molar-refractivity contribution in [3.63, 3.8) is 0 Å². The Labute approximate surface area is 65.4 Å². The van der Waals surface area contributed by atoms with Crippen LogP contribution in [0.5, 0.6) is 0 Å². The Morgan fingerprint density at radius 3 is 2.44 bits per heavy atom. The van der Waals surface area contributed by atoms with Gasteiger partial charge in [0, 0.05) is 0 Å². The van der Waals surface area contributed by atoms with E-state index in [1.165, 1.54) is 0 Å². The standard InChI is InChI=1S/C4HCl2NOS/c5-3-4(6)9-2(1-8)7-3/h1H. The monoisotopic (exact) mass is 181 g/mol. The molecule has 0 unspecified atom stereocenters. The second-order valence-electron chi connectivity index (χ2n) is 1.23. The number of hydrogen-bond donors (Lipinski definition) is 0. The van der Waals surface area contributed by atoms with E-state index in [0.717, 1.165) is 11.3 Å². The average Bonchev–Trinajstić information content (AvgIpc) is 2.13. The van der Waals surface area contributed by atoms with Crippen molar-refractivity contribution in [2.24, 2.45) is 0 Å². The van der Waals surface area contributed by atoms with Crippen LogP contribution in [0.15, 0.2) is 0 Å². The Morgan fingerprint density at radius 1 is 1.56 bits per heavy atom. The predicted molar refractivity (Wildman–Crippen MR) is 37.5 cm³/mol. The maximum absolute atomic E-state index is 10.0. The van der Waals surface area contributed by atoms with Gasteiger partial charge in [-0.15, -0.1) is 0 Å². The van der Waals surface area contributed by atoms with Crippen LogP contribution >= 0.6 is 34.5 Å². The summed E-state index contributed by atoms with van der Waals surface area (Å²) in [5.41, 5.74) is 0. The molecule has 1 aromatic heterocycles. The van der Waals surface area contributed by atoms with Gasteiger partial charge in [-0.2, -0.15) is 0 Å². The van der Waals surface area contributed by atoms with Gasteiger partial charge in [0.15, 0.2) is 16.4 Å². The van der Waals surface area contributed by atoms with Gasteiger partial charge >= 0.3 is 0 Å². The van der Waals surface area contributed by atoms with E-state index < -0.39 is 0 Å². The molecule has 0 bridgehead atoms. The maximum atomic E-state index is 10.0. The lowest BCUT2D eigenvalue weighted by Gasteiger charge is -1.71. The first-order valence-electron chi connectivity index (χ1n) is 2.01. The van der Waals surface area contributed by atoms with Crippen LogP contribution in [0, 0.1) is 0 Å². The number of rotatable bonds is 1. The highest BCUT2D eigenvalue weighted by Gasteiger charge is 2.03. The molecule has 0 aliphatic rings. The summed E-state index contributed by atoms with van der Waals surface area (Å²) in [5.74, 6) is 0. The van der Waals surface area contributed by atoms with Gasteiger partial charge in [0.1, 0.15) is 4.34 Å². The molecule has 0 N–H and O–H groups in total. The summed E-state index contributed by atoms with van der Waals surface area (Å²) in [4.78, 5) is 13.6. The van der Waals surface area contributed by atoms with Gasteiger partial charge in [0.2, 0.25) is 0 Å². The first-order chi connectivity index (χ1) is 4.24. The Kier molecular flexibility index (Phi) is 2.05. The predicted octanol–water partition coefficient (Wildman–Crippen LogP) is 2.26. The molecule has 0 atom stereocenters. The molecular weight excluding hydrogens is 181 g/mol. The summed E-state index contributed by atoms with van der Waals surface area (Å²) in [6, 6.07) is 0. The first kappa shape index (κ1) is 6.99. The third kappa shape index (κ3) is 1.41. The van der Waals surface area contributed by atoms with E-state index in [-0.39, 0.29) is 5.15 Å². The molecule has 0 aliphatic heterocycles. The van der Waals surface area contributed by atoms with Crippen LogP contribution in [0.3, 0.4) is 0 Å². The van der Waals surface area contributed by atoms with Crippen molar-refractivity contribution in [3.05, 3.63) is 14.5 Å². The second kappa shape index (κ2) is 2.64. The van der Waals surface area contributed by atoms with Crippen molar-refractivity contribution >= 4 is 40.8 Å². The molecule has 0 radical (unpaired) electrons. The van der Waals surface area contributed by atoms with Crippen molar-refractivity contribution in [3.8, 4) is 0 Å². The summed E-state index contributed by atoms with van der Waals surface area (Å²) in [6.45, 7) is 0. The lowest BCUT2D eigenvalue weighted by Crippen LogP contribution is -1.71.